The van der Waals surface area contributed by atoms with E-state index in [-0.39, 0.29) is 34.9 Å². The van der Waals surface area contributed by atoms with Crippen molar-refractivity contribution in [1.82, 2.24) is 15.4 Å². The van der Waals surface area contributed by atoms with Crippen molar-refractivity contribution in [3.05, 3.63) is 23.1 Å². The molecule has 1 spiro atoms. The molecule has 0 saturated carbocycles. The first-order chi connectivity index (χ1) is 15.7. The first-order valence-electron chi connectivity index (χ1n) is 11.1. The van der Waals surface area contributed by atoms with Crippen LogP contribution in [0.5, 0.6) is 0 Å². The number of morpholine rings is 1. The van der Waals surface area contributed by atoms with Crippen molar-refractivity contribution in [2.24, 2.45) is 10.4 Å². The Morgan fingerprint density at radius 2 is 2.09 bits per heavy atom. The van der Waals surface area contributed by atoms with Crippen LogP contribution in [0.2, 0.25) is 0 Å². The van der Waals surface area contributed by atoms with E-state index in [1.807, 2.05) is 25.0 Å². The smallest absolute Gasteiger partial charge is 0.282 e. The predicted molar refractivity (Wildman–Crippen MR) is 113 cm³/mol. The summed E-state index contributed by atoms with van der Waals surface area (Å²) >= 11 is 0. The number of hydrogen-bond donors (Lipinski definition) is 1. The van der Waals surface area contributed by atoms with Gasteiger partial charge in [0.2, 0.25) is 5.58 Å². The number of nitrogens with zero attached hydrogens (tertiary/aromatic N) is 4. The van der Waals surface area contributed by atoms with Gasteiger partial charge in [-0.2, -0.15) is 0 Å². The maximum atomic E-state index is 15.9. The van der Waals surface area contributed by atoms with Gasteiger partial charge in [-0.3, -0.25) is 15.1 Å². The van der Waals surface area contributed by atoms with Crippen molar-refractivity contribution in [3.63, 3.8) is 0 Å². The van der Waals surface area contributed by atoms with Gasteiger partial charge in [0.1, 0.15) is 0 Å². The minimum Gasteiger partial charge on any atom is -0.372 e. The molecule has 2 aromatic rings. The Bertz CT molecular complexity index is 1180. The molecule has 0 bridgehead atoms. The average Bonchev–Trinajstić information content (AvgIpc) is 3.15. The summed E-state index contributed by atoms with van der Waals surface area (Å²) < 4.78 is 53.9. The molecule has 33 heavy (non-hydrogen) atoms. The topological polar surface area (TPSA) is 83.2 Å². The summed E-state index contributed by atoms with van der Waals surface area (Å²) in [7, 11) is 0. The molecule has 1 aromatic carbocycles. The molecule has 4 aliphatic rings. The lowest BCUT2D eigenvalue weighted by Gasteiger charge is -2.56. The summed E-state index contributed by atoms with van der Waals surface area (Å²) in [4.78, 5) is 20.3. The fraction of sp³-hybridized carbons (Fsp3) is 0.591. The SMILES string of the molecule is C[C@@H]1CN2c3c(cc4c(C(=O)N5CC(F)(F)C5)noc4c3F)CC3(C=NCNC3)[C@H]2[C@H](C)O1. The number of benzene rings is 1. The second-order valence-electron chi connectivity index (χ2n) is 9.68. The molecule has 176 valence electrons. The number of alkyl halides is 2. The van der Waals surface area contributed by atoms with Crippen LogP contribution in [0.25, 0.3) is 11.0 Å². The number of anilines is 1. The lowest BCUT2D eigenvalue weighted by Crippen LogP contribution is -2.67. The number of likely N-dealkylation sites (tertiary alicyclic amines) is 1. The highest BCUT2D eigenvalue weighted by atomic mass is 19.3. The summed E-state index contributed by atoms with van der Waals surface area (Å²) in [5.41, 5.74) is 0.425. The molecule has 1 aromatic heterocycles. The predicted octanol–water partition coefficient (Wildman–Crippen LogP) is 2.21. The Kier molecular flexibility index (Phi) is 4.39. The van der Waals surface area contributed by atoms with E-state index < -0.39 is 36.2 Å². The highest BCUT2D eigenvalue weighted by Crippen LogP contribution is 2.48. The number of aliphatic imine (C=N–C) groups is 1. The van der Waals surface area contributed by atoms with Gasteiger partial charge in [0, 0.05) is 24.7 Å². The third-order valence-electron chi connectivity index (χ3n) is 7.17. The minimum absolute atomic E-state index is 0.109. The number of ether oxygens (including phenoxy) is 1. The molecular weight excluding hydrogens is 439 g/mol. The summed E-state index contributed by atoms with van der Waals surface area (Å²) in [6.07, 6.45) is 2.16. The van der Waals surface area contributed by atoms with Crippen LogP contribution in [-0.2, 0) is 11.2 Å². The molecule has 4 aliphatic heterocycles. The molecule has 1 amide bonds. The Hall–Kier alpha value is -2.66. The number of rotatable bonds is 1. The van der Waals surface area contributed by atoms with Crippen molar-refractivity contribution in [1.29, 1.82) is 0 Å². The minimum atomic E-state index is -2.90. The zero-order valence-electron chi connectivity index (χ0n) is 18.3. The van der Waals surface area contributed by atoms with Crippen LogP contribution in [0.15, 0.2) is 15.6 Å². The Morgan fingerprint density at radius 1 is 1.30 bits per heavy atom. The van der Waals surface area contributed by atoms with Gasteiger partial charge in [0.25, 0.3) is 11.8 Å². The van der Waals surface area contributed by atoms with Gasteiger partial charge in [0.15, 0.2) is 11.5 Å². The van der Waals surface area contributed by atoms with Gasteiger partial charge in [-0.15, -0.1) is 0 Å². The molecule has 2 fully saturated rings. The second-order valence-corrected chi connectivity index (χ2v) is 9.68. The molecule has 5 heterocycles. The molecule has 4 atom stereocenters. The Labute approximate surface area is 187 Å². The summed E-state index contributed by atoms with van der Waals surface area (Å²) in [5, 5.41) is 7.31. The van der Waals surface area contributed by atoms with Crippen LogP contribution < -0.4 is 10.2 Å². The lowest BCUT2D eigenvalue weighted by molar-refractivity contribution is -0.113. The van der Waals surface area contributed by atoms with Gasteiger partial charge in [-0.05, 0) is 31.9 Å². The van der Waals surface area contributed by atoms with Gasteiger partial charge in [-0.1, -0.05) is 5.16 Å². The fourth-order valence-electron chi connectivity index (χ4n) is 6.00. The van der Waals surface area contributed by atoms with Gasteiger partial charge in [-0.25, -0.2) is 13.2 Å². The third-order valence-corrected chi connectivity index (χ3v) is 7.17. The van der Waals surface area contributed by atoms with Crippen LogP contribution >= 0.6 is 0 Å². The average molecular weight is 463 g/mol. The van der Waals surface area contributed by atoms with Crippen LogP contribution in [0.4, 0.5) is 18.9 Å². The number of amides is 1. The van der Waals surface area contributed by atoms with E-state index in [4.69, 9.17) is 9.26 Å². The van der Waals surface area contributed by atoms with Gasteiger partial charge >= 0.3 is 0 Å². The van der Waals surface area contributed by atoms with E-state index in [0.29, 0.717) is 37.4 Å². The Morgan fingerprint density at radius 3 is 2.79 bits per heavy atom. The number of carbonyl (C=O) groups is 1. The molecule has 1 N–H and O–H groups in total. The van der Waals surface area contributed by atoms with Crippen molar-refractivity contribution in [2.75, 3.05) is 37.7 Å². The summed E-state index contributed by atoms with van der Waals surface area (Å²) in [6.45, 7) is 4.25. The van der Waals surface area contributed by atoms with E-state index >= 15 is 4.39 Å². The largest absolute Gasteiger partial charge is 0.372 e. The molecule has 2 saturated heterocycles. The maximum Gasteiger partial charge on any atom is 0.282 e. The monoisotopic (exact) mass is 463 g/mol. The zero-order chi connectivity index (χ0) is 23.1. The van der Waals surface area contributed by atoms with Crippen LogP contribution in [-0.4, -0.2) is 79.2 Å². The van der Waals surface area contributed by atoms with Crippen molar-refractivity contribution >= 4 is 28.8 Å². The quantitative estimate of drug-likeness (QED) is 0.699. The van der Waals surface area contributed by atoms with Crippen LogP contribution in [0.3, 0.4) is 0 Å². The van der Waals surface area contributed by atoms with Crippen molar-refractivity contribution in [2.45, 2.75) is 44.4 Å². The number of carbonyl (C=O) groups excluding carboxylic acids is 1. The number of fused-ring (bicyclic) bond motifs is 5. The number of halogens is 3. The van der Waals surface area contributed by atoms with E-state index in [1.165, 1.54) is 0 Å². The van der Waals surface area contributed by atoms with Crippen LogP contribution in [0, 0.1) is 11.2 Å². The fourth-order valence-corrected chi connectivity index (χ4v) is 6.00. The molecule has 6 rings (SSSR count). The lowest BCUT2D eigenvalue weighted by atomic mass is 9.68. The van der Waals surface area contributed by atoms with E-state index in [0.717, 1.165) is 4.90 Å². The van der Waals surface area contributed by atoms with Crippen molar-refractivity contribution in [3.8, 4) is 0 Å². The number of nitrogens with one attached hydrogen (secondary N) is 1. The molecule has 0 radical (unpaired) electrons. The number of aromatic nitrogens is 1. The molecule has 1 unspecified atom stereocenters. The molecule has 11 heteroatoms. The normalized spacial score (nSPS) is 32.6. The first kappa shape index (κ1) is 20.9. The van der Waals surface area contributed by atoms with Crippen LogP contribution in [0.1, 0.15) is 29.9 Å². The molecule has 0 aliphatic carbocycles. The third kappa shape index (κ3) is 3.01. The van der Waals surface area contributed by atoms with E-state index in [9.17, 15) is 13.6 Å². The number of hydrogen-bond acceptors (Lipinski definition) is 7. The second kappa shape index (κ2) is 6.92. The summed E-state index contributed by atoms with van der Waals surface area (Å²) in [5.74, 6) is -4.18. The van der Waals surface area contributed by atoms with E-state index in [1.54, 1.807) is 6.07 Å². The first-order valence-corrected chi connectivity index (χ1v) is 11.1. The van der Waals surface area contributed by atoms with Crippen molar-refractivity contribution < 1.29 is 27.2 Å². The Balaban J connectivity index is 1.48. The van der Waals surface area contributed by atoms with Gasteiger partial charge in [0.05, 0.1) is 49.1 Å². The standard InChI is InChI=1S/C22H24F3N5O3/c1-11-5-30-17-13(4-21(6-26-10-27-7-21)19(30)12(2)32-11)3-14-16(28-33-18(14)15(17)23)20(31)29-8-22(24,25)9-29/h3,6,11-12,19,27H,4-5,7-10H2,1-2H3/t11-,12+,19-,21?/m1/s1. The van der Waals surface area contributed by atoms with Gasteiger partial charge < -0.3 is 19.1 Å². The summed E-state index contributed by atoms with van der Waals surface area (Å²) in [6, 6.07) is 1.58. The van der Waals surface area contributed by atoms with E-state index in [2.05, 4.69) is 15.5 Å². The maximum absolute atomic E-state index is 15.9. The highest BCUT2D eigenvalue weighted by Gasteiger charge is 2.53. The molecule has 8 nitrogen and oxygen atoms in total. The molecular formula is C22H24F3N5O3. The zero-order valence-corrected chi connectivity index (χ0v) is 18.3. The highest BCUT2D eigenvalue weighted by molar-refractivity contribution is 6.05.